The standard InChI is InChI=1S/C11H22O5/c1-11(7-13,8-14)9-16-10(15)5-3-2-4-6-12/h12-14H,2-9H2,1H3. The van der Waals surface area contributed by atoms with Gasteiger partial charge in [-0.15, -0.1) is 0 Å². The van der Waals surface area contributed by atoms with Gasteiger partial charge in [-0.05, 0) is 12.8 Å². The number of esters is 1. The van der Waals surface area contributed by atoms with Gasteiger partial charge in [0.2, 0.25) is 0 Å². The topological polar surface area (TPSA) is 87.0 Å². The fourth-order valence-electron chi connectivity index (χ4n) is 1.03. The van der Waals surface area contributed by atoms with Crippen molar-refractivity contribution in [2.45, 2.75) is 32.6 Å². The lowest BCUT2D eigenvalue weighted by Crippen LogP contribution is -2.32. The van der Waals surface area contributed by atoms with Gasteiger partial charge in [-0.25, -0.2) is 0 Å². The first kappa shape index (κ1) is 15.3. The van der Waals surface area contributed by atoms with E-state index in [1.807, 2.05) is 0 Å². The minimum atomic E-state index is -0.763. The second-order valence-electron chi connectivity index (χ2n) is 4.32. The van der Waals surface area contributed by atoms with Crippen LogP contribution in [0.4, 0.5) is 0 Å². The van der Waals surface area contributed by atoms with Crippen LogP contribution in [-0.2, 0) is 9.53 Å². The predicted molar refractivity (Wildman–Crippen MR) is 58.8 cm³/mol. The molecule has 0 saturated carbocycles. The lowest BCUT2D eigenvalue weighted by Gasteiger charge is -2.23. The van der Waals surface area contributed by atoms with Crippen molar-refractivity contribution in [3.63, 3.8) is 0 Å². The van der Waals surface area contributed by atoms with Crippen LogP contribution in [0.3, 0.4) is 0 Å². The Kier molecular flexibility index (Phi) is 8.15. The van der Waals surface area contributed by atoms with Gasteiger partial charge in [-0.2, -0.15) is 0 Å². The van der Waals surface area contributed by atoms with Crippen molar-refractivity contribution in [1.29, 1.82) is 0 Å². The summed E-state index contributed by atoms with van der Waals surface area (Å²) in [5, 5.41) is 26.5. The molecule has 96 valence electrons. The number of rotatable bonds is 9. The monoisotopic (exact) mass is 234 g/mol. The first-order valence-corrected chi connectivity index (χ1v) is 5.56. The van der Waals surface area contributed by atoms with Crippen LogP contribution in [0.1, 0.15) is 32.6 Å². The highest BCUT2D eigenvalue weighted by atomic mass is 16.5. The first-order valence-electron chi connectivity index (χ1n) is 5.56. The zero-order valence-electron chi connectivity index (χ0n) is 9.81. The van der Waals surface area contributed by atoms with Gasteiger partial charge in [0.05, 0.1) is 13.2 Å². The summed E-state index contributed by atoms with van der Waals surface area (Å²) in [5.74, 6) is -0.328. The van der Waals surface area contributed by atoms with E-state index in [9.17, 15) is 4.79 Å². The Morgan fingerprint density at radius 3 is 2.25 bits per heavy atom. The third-order valence-electron chi connectivity index (χ3n) is 2.38. The van der Waals surface area contributed by atoms with Crippen molar-refractivity contribution in [3.05, 3.63) is 0 Å². The van der Waals surface area contributed by atoms with Crippen LogP contribution in [0.2, 0.25) is 0 Å². The van der Waals surface area contributed by atoms with Gasteiger partial charge in [-0.3, -0.25) is 4.79 Å². The molecule has 5 nitrogen and oxygen atoms in total. The van der Waals surface area contributed by atoms with Crippen molar-refractivity contribution in [2.75, 3.05) is 26.4 Å². The predicted octanol–water partition coefficient (Wildman–Crippen LogP) is 0.0732. The fraction of sp³-hybridized carbons (Fsp3) is 0.909. The minimum Gasteiger partial charge on any atom is -0.465 e. The number of unbranched alkanes of at least 4 members (excludes halogenated alkanes) is 2. The summed E-state index contributed by atoms with van der Waals surface area (Å²) < 4.78 is 4.95. The van der Waals surface area contributed by atoms with E-state index in [1.165, 1.54) is 0 Å². The molecule has 5 heteroatoms. The molecule has 0 aliphatic heterocycles. The number of carbonyl (C=O) groups excluding carboxylic acids is 1. The number of carbonyl (C=O) groups is 1. The Morgan fingerprint density at radius 2 is 1.75 bits per heavy atom. The van der Waals surface area contributed by atoms with E-state index in [2.05, 4.69) is 0 Å². The van der Waals surface area contributed by atoms with Gasteiger partial charge in [0.1, 0.15) is 6.61 Å². The maximum absolute atomic E-state index is 11.2. The molecule has 16 heavy (non-hydrogen) atoms. The van der Waals surface area contributed by atoms with Crippen molar-refractivity contribution in [1.82, 2.24) is 0 Å². The highest BCUT2D eigenvalue weighted by Crippen LogP contribution is 2.15. The second kappa shape index (κ2) is 8.50. The van der Waals surface area contributed by atoms with Crippen molar-refractivity contribution >= 4 is 5.97 Å². The van der Waals surface area contributed by atoms with Crippen LogP contribution in [0.5, 0.6) is 0 Å². The van der Waals surface area contributed by atoms with E-state index in [1.54, 1.807) is 6.92 Å². The van der Waals surface area contributed by atoms with Crippen molar-refractivity contribution < 1.29 is 24.9 Å². The van der Waals surface area contributed by atoms with Crippen LogP contribution in [0, 0.1) is 5.41 Å². The Hall–Kier alpha value is -0.650. The first-order chi connectivity index (χ1) is 7.58. The lowest BCUT2D eigenvalue weighted by molar-refractivity contribution is -0.149. The molecule has 0 fully saturated rings. The summed E-state index contributed by atoms with van der Waals surface area (Å²) >= 11 is 0. The zero-order valence-corrected chi connectivity index (χ0v) is 9.81. The van der Waals surface area contributed by atoms with Crippen molar-refractivity contribution in [2.24, 2.45) is 5.41 Å². The summed E-state index contributed by atoms with van der Waals surface area (Å²) in [5.41, 5.74) is -0.763. The van der Waals surface area contributed by atoms with Crippen molar-refractivity contribution in [3.8, 4) is 0 Å². The van der Waals surface area contributed by atoms with Gasteiger partial charge >= 0.3 is 5.97 Å². The number of aliphatic hydroxyl groups is 3. The van der Waals surface area contributed by atoms with Crippen LogP contribution < -0.4 is 0 Å². The maximum Gasteiger partial charge on any atom is 0.305 e. The Morgan fingerprint density at radius 1 is 1.12 bits per heavy atom. The Balaban J connectivity index is 3.64. The van der Waals surface area contributed by atoms with Gasteiger partial charge in [0.15, 0.2) is 0 Å². The lowest BCUT2D eigenvalue weighted by atomic mass is 9.94. The van der Waals surface area contributed by atoms with E-state index >= 15 is 0 Å². The molecular weight excluding hydrogens is 212 g/mol. The molecule has 0 unspecified atom stereocenters. The average molecular weight is 234 g/mol. The smallest absolute Gasteiger partial charge is 0.305 e. The van der Waals surface area contributed by atoms with E-state index < -0.39 is 5.41 Å². The SMILES string of the molecule is CC(CO)(CO)COC(=O)CCCCCO. The van der Waals surface area contributed by atoms with Crippen LogP contribution >= 0.6 is 0 Å². The highest BCUT2D eigenvalue weighted by Gasteiger charge is 2.24. The van der Waals surface area contributed by atoms with E-state index in [-0.39, 0.29) is 32.4 Å². The summed E-state index contributed by atoms with van der Waals surface area (Å²) in [4.78, 5) is 11.2. The zero-order chi connectivity index (χ0) is 12.4. The van der Waals surface area contributed by atoms with Gasteiger partial charge in [0, 0.05) is 18.4 Å². The maximum atomic E-state index is 11.2. The number of aliphatic hydroxyl groups excluding tert-OH is 3. The second-order valence-corrected chi connectivity index (χ2v) is 4.32. The summed E-state index contributed by atoms with van der Waals surface area (Å²) in [6, 6.07) is 0. The quantitative estimate of drug-likeness (QED) is 0.388. The molecule has 0 atom stereocenters. The molecule has 0 heterocycles. The third-order valence-corrected chi connectivity index (χ3v) is 2.38. The summed E-state index contributed by atoms with van der Waals surface area (Å²) in [6.07, 6.45) is 2.49. The molecular formula is C11H22O5. The fourth-order valence-corrected chi connectivity index (χ4v) is 1.03. The summed E-state index contributed by atoms with van der Waals surface area (Å²) in [6.45, 7) is 1.37. The van der Waals surface area contributed by atoms with E-state index in [4.69, 9.17) is 20.1 Å². The number of ether oxygens (including phenoxy) is 1. The van der Waals surface area contributed by atoms with Crippen LogP contribution in [0.25, 0.3) is 0 Å². The molecule has 0 radical (unpaired) electrons. The molecule has 0 aliphatic rings. The van der Waals surface area contributed by atoms with Gasteiger partial charge in [0.25, 0.3) is 0 Å². The molecule has 0 aromatic rings. The van der Waals surface area contributed by atoms with Crippen LogP contribution in [-0.4, -0.2) is 47.7 Å². The molecule has 0 aromatic heterocycles. The molecule has 0 spiro atoms. The third kappa shape index (κ3) is 6.76. The van der Waals surface area contributed by atoms with E-state index in [0.29, 0.717) is 19.3 Å². The van der Waals surface area contributed by atoms with Crippen LogP contribution in [0.15, 0.2) is 0 Å². The molecule has 0 saturated heterocycles. The Bertz CT molecular complexity index is 189. The molecule has 0 aromatic carbocycles. The summed E-state index contributed by atoms with van der Waals surface area (Å²) in [7, 11) is 0. The normalized spacial score (nSPS) is 11.5. The van der Waals surface area contributed by atoms with Gasteiger partial charge < -0.3 is 20.1 Å². The molecule has 0 bridgehead atoms. The largest absolute Gasteiger partial charge is 0.465 e. The molecule has 0 rings (SSSR count). The number of hydrogen-bond acceptors (Lipinski definition) is 5. The molecule has 0 aliphatic carbocycles. The average Bonchev–Trinajstić information content (AvgIpc) is 2.31. The number of hydrogen-bond donors (Lipinski definition) is 3. The minimum absolute atomic E-state index is 0.0266. The Labute approximate surface area is 96.0 Å². The molecule has 3 N–H and O–H groups in total. The van der Waals surface area contributed by atoms with E-state index in [0.717, 1.165) is 6.42 Å². The highest BCUT2D eigenvalue weighted by molar-refractivity contribution is 5.69. The molecule has 0 amide bonds. The van der Waals surface area contributed by atoms with Gasteiger partial charge in [-0.1, -0.05) is 13.3 Å².